The SMILES string of the molecule is COc1ccc2ccn3c(=O)cc(-c4ccncn4)nc3c2c1. The van der Waals surface area contributed by atoms with Gasteiger partial charge in [0.25, 0.3) is 5.56 Å². The highest BCUT2D eigenvalue weighted by Crippen LogP contribution is 2.24. The minimum Gasteiger partial charge on any atom is -0.497 e. The molecule has 0 amide bonds. The number of aromatic nitrogens is 4. The molecular weight excluding hydrogens is 292 g/mol. The molecule has 0 spiro atoms. The number of benzene rings is 1. The Morgan fingerprint density at radius 3 is 2.78 bits per heavy atom. The molecule has 1 aromatic carbocycles. The molecule has 0 fully saturated rings. The van der Waals surface area contributed by atoms with Crippen LogP contribution in [0, 0.1) is 0 Å². The lowest BCUT2D eigenvalue weighted by Crippen LogP contribution is -2.14. The first-order chi connectivity index (χ1) is 11.3. The fraction of sp³-hybridized carbons (Fsp3) is 0.0588. The van der Waals surface area contributed by atoms with Crippen LogP contribution in [0.3, 0.4) is 0 Å². The smallest absolute Gasteiger partial charge is 0.258 e. The van der Waals surface area contributed by atoms with Crippen molar-refractivity contribution in [2.75, 3.05) is 7.11 Å². The highest BCUT2D eigenvalue weighted by atomic mass is 16.5. The van der Waals surface area contributed by atoms with E-state index in [0.29, 0.717) is 22.8 Å². The maximum atomic E-state index is 12.4. The zero-order chi connectivity index (χ0) is 15.8. The second-order valence-electron chi connectivity index (χ2n) is 5.04. The Bertz CT molecular complexity index is 1070. The van der Waals surface area contributed by atoms with Crippen LogP contribution in [0.5, 0.6) is 5.75 Å². The molecule has 0 saturated heterocycles. The first kappa shape index (κ1) is 13.4. The van der Waals surface area contributed by atoms with Gasteiger partial charge in [-0.15, -0.1) is 0 Å². The van der Waals surface area contributed by atoms with Crippen LogP contribution in [-0.4, -0.2) is 26.5 Å². The molecule has 3 heterocycles. The van der Waals surface area contributed by atoms with Gasteiger partial charge >= 0.3 is 0 Å². The largest absolute Gasteiger partial charge is 0.497 e. The Balaban J connectivity index is 2.10. The fourth-order valence-corrected chi connectivity index (χ4v) is 2.55. The lowest BCUT2D eigenvalue weighted by Gasteiger charge is -2.08. The van der Waals surface area contributed by atoms with Crippen molar-refractivity contribution in [1.29, 1.82) is 0 Å². The third kappa shape index (κ3) is 2.20. The normalized spacial score (nSPS) is 11.0. The van der Waals surface area contributed by atoms with Gasteiger partial charge in [0.1, 0.15) is 17.7 Å². The number of rotatable bonds is 2. The highest BCUT2D eigenvalue weighted by Gasteiger charge is 2.09. The van der Waals surface area contributed by atoms with Crippen molar-refractivity contribution >= 4 is 16.4 Å². The second kappa shape index (κ2) is 5.17. The van der Waals surface area contributed by atoms with E-state index in [1.165, 1.54) is 16.8 Å². The van der Waals surface area contributed by atoms with Crippen molar-refractivity contribution in [2.24, 2.45) is 0 Å². The van der Waals surface area contributed by atoms with E-state index in [1.807, 2.05) is 24.3 Å². The molecular formula is C17H12N4O2. The van der Waals surface area contributed by atoms with E-state index in [0.717, 1.165) is 10.8 Å². The van der Waals surface area contributed by atoms with Crippen LogP contribution in [0.4, 0.5) is 0 Å². The molecule has 4 aromatic rings. The number of fused-ring (bicyclic) bond motifs is 3. The van der Waals surface area contributed by atoms with E-state index in [-0.39, 0.29) is 5.56 Å². The monoisotopic (exact) mass is 304 g/mol. The number of pyridine rings is 1. The molecule has 3 aromatic heterocycles. The third-order valence-corrected chi connectivity index (χ3v) is 3.70. The van der Waals surface area contributed by atoms with Gasteiger partial charge in [0.05, 0.1) is 18.5 Å². The van der Waals surface area contributed by atoms with Crippen LogP contribution >= 0.6 is 0 Å². The van der Waals surface area contributed by atoms with Gasteiger partial charge in [-0.25, -0.2) is 15.0 Å². The predicted molar refractivity (Wildman–Crippen MR) is 86.5 cm³/mol. The van der Waals surface area contributed by atoms with Gasteiger partial charge in [-0.1, -0.05) is 6.07 Å². The summed E-state index contributed by atoms with van der Waals surface area (Å²) >= 11 is 0. The van der Waals surface area contributed by atoms with E-state index in [1.54, 1.807) is 25.6 Å². The summed E-state index contributed by atoms with van der Waals surface area (Å²) < 4.78 is 6.80. The molecule has 0 atom stereocenters. The molecule has 0 radical (unpaired) electrons. The number of hydrogen-bond acceptors (Lipinski definition) is 5. The van der Waals surface area contributed by atoms with Crippen molar-refractivity contribution < 1.29 is 4.74 Å². The molecule has 0 aliphatic heterocycles. The van der Waals surface area contributed by atoms with Gasteiger partial charge in [0, 0.05) is 23.8 Å². The van der Waals surface area contributed by atoms with Crippen LogP contribution in [0.15, 0.2) is 59.9 Å². The van der Waals surface area contributed by atoms with Crippen molar-refractivity contribution in [2.45, 2.75) is 0 Å². The molecule has 0 N–H and O–H groups in total. The van der Waals surface area contributed by atoms with Crippen molar-refractivity contribution in [1.82, 2.24) is 19.4 Å². The lowest BCUT2D eigenvalue weighted by atomic mass is 10.1. The van der Waals surface area contributed by atoms with Crippen LogP contribution < -0.4 is 10.3 Å². The van der Waals surface area contributed by atoms with E-state index >= 15 is 0 Å². The summed E-state index contributed by atoms with van der Waals surface area (Å²) in [5.41, 5.74) is 1.54. The van der Waals surface area contributed by atoms with E-state index in [4.69, 9.17) is 4.74 Å². The first-order valence-electron chi connectivity index (χ1n) is 7.03. The summed E-state index contributed by atoms with van der Waals surface area (Å²) in [4.78, 5) is 25.1. The van der Waals surface area contributed by atoms with Crippen LogP contribution in [0.25, 0.3) is 27.8 Å². The summed E-state index contributed by atoms with van der Waals surface area (Å²) in [7, 11) is 1.61. The minimum atomic E-state index is -0.159. The number of ether oxygens (including phenoxy) is 1. The van der Waals surface area contributed by atoms with E-state index < -0.39 is 0 Å². The van der Waals surface area contributed by atoms with Crippen molar-refractivity contribution in [3.8, 4) is 17.1 Å². The Kier molecular flexibility index (Phi) is 3.01. The highest BCUT2D eigenvalue weighted by molar-refractivity contribution is 5.95. The average Bonchev–Trinajstić information content (AvgIpc) is 2.61. The maximum Gasteiger partial charge on any atom is 0.258 e. The summed E-state index contributed by atoms with van der Waals surface area (Å²) in [5, 5.41) is 1.83. The zero-order valence-corrected chi connectivity index (χ0v) is 12.3. The fourth-order valence-electron chi connectivity index (χ4n) is 2.55. The average molecular weight is 304 g/mol. The van der Waals surface area contributed by atoms with Gasteiger partial charge in [-0.3, -0.25) is 9.20 Å². The van der Waals surface area contributed by atoms with Crippen LogP contribution in [0.2, 0.25) is 0 Å². The first-order valence-corrected chi connectivity index (χ1v) is 7.03. The molecule has 23 heavy (non-hydrogen) atoms. The quantitative estimate of drug-likeness (QED) is 0.532. The molecule has 112 valence electrons. The number of methoxy groups -OCH3 is 1. The van der Waals surface area contributed by atoms with Gasteiger partial charge in [0.2, 0.25) is 0 Å². The molecule has 0 aliphatic carbocycles. The van der Waals surface area contributed by atoms with Gasteiger partial charge in [-0.05, 0) is 29.7 Å². The van der Waals surface area contributed by atoms with E-state index in [9.17, 15) is 4.79 Å². The predicted octanol–water partition coefficient (Wildman–Crippen LogP) is 2.31. The third-order valence-electron chi connectivity index (χ3n) is 3.70. The van der Waals surface area contributed by atoms with Crippen LogP contribution in [-0.2, 0) is 0 Å². The number of nitrogens with zero attached hydrogens (tertiary/aromatic N) is 4. The molecule has 0 saturated carbocycles. The summed E-state index contributed by atoms with van der Waals surface area (Å²) in [6.45, 7) is 0. The van der Waals surface area contributed by atoms with E-state index in [2.05, 4.69) is 15.0 Å². The van der Waals surface area contributed by atoms with Gasteiger partial charge in [0.15, 0.2) is 0 Å². The number of hydrogen-bond donors (Lipinski definition) is 0. The molecule has 0 bridgehead atoms. The Hall–Kier alpha value is -3.28. The molecule has 0 aliphatic rings. The second-order valence-corrected chi connectivity index (χ2v) is 5.04. The molecule has 0 unspecified atom stereocenters. The topological polar surface area (TPSA) is 69.4 Å². The summed E-state index contributed by atoms with van der Waals surface area (Å²) in [6.07, 6.45) is 4.78. The van der Waals surface area contributed by atoms with Crippen LogP contribution in [0.1, 0.15) is 0 Å². The lowest BCUT2D eigenvalue weighted by molar-refractivity contribution is 0.415. The standard InChI is InChI=1S/C17H12N4O2/c1-23-12-3-2-11-5-7-21-16(22)9-15(14-4-6-18-10-19-14)20-17(21)13(11)8-12/h2-10H,1H3. The van der Waals surface area contributed by atoms with Gasteiger partial charge in [-0.2, -0.15) is 0 Å². The Labute approximate surface area is 131 Å². The van der Waals surface area contributed by atoms with Gasteiger partial charge < -0.3 is 4.74 Å². The Morgan fingerprint density at radius 1 is 1.09 bits per heavy atom. The minimum absolute atomic E-state index is 0.159. The molecule has 6 nitrogen and oxygen atoms in total. The van der Waals surface area contributed by atoms with Crippen molar-refractivity contribution in [3.05, 3.63) is 65.5 Å². The zero-order valence-electron chi connectivity index (χ0n) is 12.3. The Morgan fingerprint density at radius 2 is 2.00 bits per heavy atom. The van der Waals surface area contributed by atoms with Crippen molar-refractivity contribution in [3.63, 3.8) is 0 Å². The molecule has 4 rings (SSSR count). The summed E-state index contributed by atoms with van der Waals surface area (Å²) in [5.74, 6) is 0.715. The summed E-state index contributed by atoms with van der Waals surface area (Å²) in [6, 6.07) is 10.8. The molecule has 6 heteroatoms. The maximum absolute atomic E-state index is 12.4.